The van der Waals surface area contributed by atoms with Gasteiger partial charge >= 0.3 is 0 Å². The van der Waals surface area contributed by atoms with Crippen molar-refractivity contribution in [2.75, 3.05) is 7.05 Å². The summed E-state index contributed by atoms with van der Waals surface area (Å²) in [5, 5.41) is 8.81. The third kappa shape index (κ3) is 3.63. The van der Waals surface area contributed by atoms with Gasteiger partial charge in [0.1, 0.15) is 11.6 Å². The predicted molar refractivity (Wildman–Crippen MR) is 71.7 cm³/mol. The SMILES string of the molecule is CNCc1cn[nH]c1S(=O)(=O)NCc1ccc(F)cc1F. The van der Waals surface area contributed by atoms with Crippen molar-refractivity contribution in [2.24, 2.45) is 0 Å². The van der Waals surface area contributed by atoms with Crippen molar-refractivity contribution in [3.05, 3.63) is 47.2 Å². The van der Waals surface area contributed by atoms with Crippen molar-refractivity contribution in [1.82, 2.24) is 20.2 Å². The number of aromatic nitrogens is 2. The largest absolute Gasteiger partial charge is 0.316 e. The highest BCUT2D eigenvalue weighted by atomic mass is 32.2. The number of sulfonamides is 1. The van der Waals surface area contributed by atoms with Gasteiger partial charge in [-0.2, -0.15) is 5.10 Å². The molecular formula is C12H14F2N4O2S. The first kappa shape index (κ1) is 15.5. The van der Waals surface area contributed by atoms with E-state index in [1.165, 1.54) is 12.3 Å². The van der Waals surface area contributed by atoms with Crippen LogP contribution < -0.4 is 10.0 Å². The van der Waals surface area contributed by atoms with E-state index in [1.807, 2.05) is 0 Å². The maximum absolute atomic E-state index is 13.5. The zero-order valence-electron chi connectivity index (χ0n) is 11.2. The van der Waals surface area contributed by atoms with Crippen LogP contribution in [0.2, 0.25) is 0 Å². The lowest BCUT2D eigenvalue weighted by Gasteiger charge is -2.08. The number of nitrogens with zero attached hydrogens (tertiary/aromatic N) is 1. The summed E-state index contributed by atoms with van der Waals surface area (Å²) in [6.45, 7) is 0.0319. The second-order valence-corrected chi connectivity index (χ2v) is 6.02. The van der Waals surface area contributed by atoms with Gasteiger partial charge in [0.25, 0.3) is 10.0 Å². The summed E-state index contributed by atoms with van der Waals surface area (Å²) >= 11 is 0. The highest BCUT2D eigenvalue weighted by Crippen LogP contribution is 2.14. The number of rotatable bonds is 6. The van der Waals surface area contributed by atoms with Crippen LogP contribution in [0.25, 0.3) is 0 Å². The summed E-state index contributed by atoms with van der Waals surface area (Å²) in [6.07, 6.45) is 1.39. The molecule has 0 aliphatic carbocycles. The molecule has 21 heavy (non-hydrogen) atoms. The van der Waals surface area contributed by atoms with E-state index in [0.29, 0.717) is 18.2 Å². The number of nitrogens with one attached hydrogen (secondary N) is 3. The third-order valence-electron chi connectivity index (χ3n) is 2.78. The first-order valence-electron chi connectivity index (χ1n) is 6.04. The summed E-state index contributed by atoms with van der Waals surface area (Å²) in [5.74, 6) is -1.53. The van der Waals surface area contributed by atoms with E-state index in [0.717, 1.165) is 6.07 Å². The van der Waals surface area contributed by atoms with E-state index in [-0.39, 0.29) is 17.1 Å². The number of H-pyrrole nitrogens is 1. The third-order valence-corrected chi connectivity index (χ3v) is 4.20. The number of benzene rings is 1. The molecule has 0 atom stereocenters. The van der Waals surface area contributed by atoms with Crippen LogP contribution in [0.3, 0.4) is 0 Å². The molecule has 0 fully saturated rings. The van der Waals surface area contributed by atoms with Gasteiger partial charge in [-0.25, -0.2) is 21.9 Å². The van der Waals surface area contributed by atoms with E-state index in [4.69, 9.17) is 0 Å². The number of aromatic amines is 1. The Kier molecular flexibility index (Phi) is 4.66. The maximum atomic E-state index is 13.5. The Morgan fingerprint density at radius 1 is 1.24 bits per heavy atom. The quantitative estimate of drug-likeness (QED) is 0.738. The van der Waals surface area contributed by atoms with Gasteiger partial charge in [0.2, 0.25) is 0 Å². The number of hydrogen-bond donors (Lipinski definition) is 3. The molecule has 0 spiro atoms. The van der Waals surface area contributed by atoms with Crippen LogP contribution >= 0.6 is 0 Å². The van der Waals surface area contributed by atoms with Gasteiger partial charge in [-0.05, 0) is 13.1 Å². The highest BCUT2D eigenvalue weighted by molar-refractivity contribution is 7.89. The van der Waals surface area contributed by atoms with Gasteiger partial charge in [-0.3, -0.25) is 5.10 Å². The Bertz CT molecular complexity index is 731. The lowest BCUT2D eigenvalue weighted by Crippen LogP contribution is -2.25. The molecule has 2 aromatic rings. The molecule has 0 bridgehead atoms. The molecule has 0 aliphatic heterocycles. The van der Waals surface area contributed by atoms with Crippen LogP contribution in [0.1, 0.15) is 11.1 Å². The summed E-state index contributed by atoms with van der Waals surface area (Å²) in [5.41, 5.74) is 0.513. The molecule has 0 unspecified atom stereocenters. The monoisotopic (exact) mass is 316 g/mol. The lowest BCUT2D eigenvalue weighted by molar-refractivity contribution is 0.560. The van der Waals surface area contributed by atoms with Gasteiger partial charge in [-0.15, -0.1) is 0 Å². The lowest BCUT2D eigenvalue weighted by atomic mass is 10.2. The van der Waals surface area contributed by atoms with E-state index in [1.54, 1.807) is 7.05 Å². The molecule has 1 heterocycles. The maximum Gasteiger partial charge on any atom is 0.258 e. The van der Waals surface area contributed by atoms with Crippen molar-refractivity contribution < 1.29 is 17.2 Å². The Hall–Kier alpha value is -1.84. The van der Waals surface area contributed by atoms with Gasteiger partial charge in [0, 0.05) is 30.3 Å². The fourth-order valence-corrected chi connectivity index (χ4v) is 2.89. The van der Waals surface area contributed by atoms with Crippen LogP contribution in [0, 0.1) is 11.6 Å². The number of hydrogen-bond acceptors (Lipinski definition) is 4. The van der Waals surface area contributed by atoms with Gasteiger partial charge in [0.15, 0.2) is 5.03 Å². The minimum Gasteiger partial charge on any atom is -0.316 e. The Balaban J connectivity index is 2.16. The predicted octanol–water partition coefficient (Wildman–Crippen LogP) is 0.886. The standard InChI is InChI=1S/C12H14F2N4O2S/c1-15-5-9-6-16-18-12(9)21(19,20)17-7-8-2-3-10(13)4-11(8)14/h2-4,6,15,17H,5,7H2,1H3,(H,16,18). The summed E-state index contributed by atoms with van der Waals surface area (Å²) in [7, 11) is -2.19. The van der Waals surface area contributed by atoms with Gasteiger partial charge in [-0.1, -0.05) is 6.07 Å². The van der Waals surface area contributed by atoms with E-state index >= 15 is 0 Å². The van der Waals surface area contributed by atoms with Crippen molar-refractivity contribution >= 4 is 10.0 Å². The average Bonchev–Trinajstić information content (AvgIpc) is 2.87. The van der Waals surface area contributed by atoms with Crippen molar-refractivity contribution in [3.8, 4) is 0 Å². The normalized spacial score (nSPS) is 11.8. The molecule has 1 aromatic heterocycles. The van der Waals surface area contributed by atoms with Crippen LogP contribution in [-0.2, 0) is 23.1 Å². The Morgan fingerprint density at radius 2 is 2.00 bits per heavy atom. The molecule has 0 radical (unpaired) electrons. The fourth-order valence-electron chi connectivity index (χ4n) is 1.76. The molecule has 0 amide bonds. The van der Waals surface area contributed by atoms with Crippen LogP contribution in [-0.4, -0.2) is 25.7 Å². The van der Waals surface area contributed by atoms with Crippen molar-refractivity contribution in [1.29, 1.82) is 0 Å². The smallest absolute Gasteiger partial charge is 0.258 e. The minimum absolute atomic E-state index is 0.0506. The fraction of sp³-hybridized carbons (Fsp3) is 0.250. The molecule has 114 valence electrons. The summed E-state index contributed by atoms with van der Waals surface area (Å²) in [4.78, 5) is 0. The molecule has 1 aromatic carbocycles. The first-order valence-corrected chi connectivity index (χ1v) is 7.53. The highest BCUT2D eigenvalue weighted by Gasteiger charge is 2.20. The van der Waals surface area contributed by atoms with E-state index in [9.17, 15) is 17.2 Å². The second kappa shape index (κ2) is 6.29. The van der Waals surface area contributed by atoms with Crippen LogP contribution in [0.5, 0.6) is 0 Å². The van der Waals surface area contributed by atoms with Gasteiger partial charge in [0.05, 0.1) is 6.20 Å². The second-order valence-electron chi connectivity index (χ2n) is 4.31. The van der Waals surface area contributed by atoms with Gasteiger partial charge < -0.3 is 5.32 Å². The zero-order chi connectivity index (χ0) is 15.5. The summed E-state index contributed by atoms with van der Waals surface area (Å²) < 4.78 is 52.8. The molecule has 0 saturated heterocycles. The molecule has 0 saturated carbocycles. The van der Waals surface area contributed by atoms with E-state index in [2.05, 4.69) is 20.2 Å². The van der Waals surface area contributed by atoms with Crippen LogP contribution in [0.15, 0.2) is 29.4 Å². The van der Waals surface area contributed by atoms with Crippen LogP contribution in [0.4, 0.5) is 8.78 Å². The molecule has 3 N–H and O–H groups in total. The zero-order valence-corrected chi connectivity index (χ0v) is 12.0. The van der Waals surface area contributed by atoms with Crippen molar-refractivity contribution in [2.45, 2.75) is 18.1 Å². The number of halogens is 2. The topological polar surface area (TPSA) is 86.9 Å². The molecule has 0 aliphatic rings. The average molecular weight is 316 g/mol. The first-order chi connectivity index (χ1) is 9.94. The Morgan fingerprint density at radius 3 is 2.67 bits per heavy atom. The van der Waals surface area contributed by atoms with E-state index < -0.39 is 21.7 Å². The molecule has 9 heteroatoms. The van der Waals surface area contributed by atoms with Crippen molar-refractivity contribution in [3.63, 3.8) is 0 Å². The molecule has 6 nitrogen and oxygen atoms in total. The summed E-state index contributed by atoms with van der Waals surface area (Å²) in [6, 6.07) is 2.95. The molecule has 2 rings (SSSR count). The Labute approximate surface area is 120 Å². The molecular weight excluding hydrogens is 302 g/mol. The minimum atomic E-state index is -3.86.